The Balaban J connectivity index is 2.26. The summed E-state index contributed by atoms with van der Waals surface area (Å²) in [6.07, 6.45) is 1.36. The first-order valence-electron chi connectivity index (χ1n) is 5.02. The standard InChI is InChI=1S/C12H9Cl2FN2O/c1-18-11-3-2-8(5-9(11)14)17-12-10(15)4-7(13)6-16-12/h2-6H,1H3,(H,16,17). The van der Waals surface area contributed by atoms with Gasteiger partial charge < -0.3 is 10.1 Å². The molecule has 0 unspecified atom stereocenters. The molecule has 6 heteroatoms. The summed E-state index contributed by atoms with van der Waals surface area (Å²) in [5, 5.41) is 3.48. The van der Waals surface area contributed by atoms with Gasteiger partial charge in [-0.3, -0.25) is 0 Å². The number of aromatic nitrogens is 1. The molecule has 0 spiro atoms. The van der Waals surface area contributed by atoms with E-state index < -0.39 is 5.82 Å². The fraction of sp³-hybridized carbons (Fsp3) is 0.0833. The predicted octanol–water partition coefficient (Wildman–Crippen LogP) is 4.28. The van der Waals surface area contributed by atoms with Gasteiger partial charge in [0.05, 0.1) is 17.2 Å². The van der Waals surface area contributed by atoms with Gasteiger partial charge in [-0.15, -0.1) is 0 Å². The molecule has 18 heavy (non-hydrogen) atoms. The number of pyridine rings is 1. The molecule has 2 aromatic rings. The quantitative estimate of drug-likeness (QED) is 0.914. The Morgan fingerprint density at radius 2 is 2.06 bits per heavy atom. The van der Waals surface area contributed by atoms with E-state index in [0.717, 1.165) is 0 Å². The zero-order valence-corrected chi connectivity index (χ0v) is 10.9. The van der Waals surface area contributed by atoms with Crippen LogP contribution in [-0.4, -0.2) is 12.1 Å². The zero-order chi connectivity index (χ0) is 13.1. The number of halogens is 3. The molecule has 1 N–H and O–H groups in total. The highest BCUT2D eigenvalue weighted by molar-refractivity contribution is 6.32. The number of nitrogens with zero attached hydrogens (tertiary/aromatic N) is 1. The van der Waals surface area contributed by atoms with E-state index in [-0.39, 0.29) is 10.8 Å². The second-order valence-electron chi connectivity index (χ2n) is 3.46. The van der Waals surface area contributed by atoms with Gasteiger partial charge in [-0.2, -0.15) is 0 Å². The lowest BCUT2D eigenvalue weighted by Gasteiger charge is -2.09. The van der Waals surface area contributed by atoms with E-state index in [9.17, 15) is 4.39 Å². The third-order valence-corrected chi connectivity index (χ3v) is 2.72. The van der Waals surface area contributed by atoms with Gasteiger partial charge >= 0.3 is 0 Å². The molecule has 1 aromatic heterocycles. The van der Waals surface area contributed by atoms with Crippen molar-refractivity contribution in [3.05, 3.63) is 46.3 Å². The van der Waals surface area contributed by atoms with Gasteiger partial charge in [0.25, 0.3) is 0 Å². The maximum Gasteiger partial charge on any atom is 0.167 e. The van der Waals surface area contributed by atoms with E-state index in [4.69, 9.17) is 27.9 Å². The van der Waals surface area contributed by atoms with E-state index >= 15 is 0 Å². The lowest BCUT2D eigenvalue weighted by Crippen LogP contribution is -1.97. The molecule has 0 fully saturated rings. The third-order valence-electron chi connectivity index (χ3n) is 2.22. The molecule has 94 valence electrons. The van der Waals surface area contributed by atoms with Crippen LogP contribution in [0.15, 0.2) is 30.5 Å². The second kappa shape index (κ2) is 5.42. The Labute approximate surface area is 114 Å². The van der Waals surface area contributed by atoms with E-state index in [1.807, 2.05) is 0 Å². The van der Waals surface area contributed by atoms with Gasteiger partial charge in [-0.25, -0.2) is 9.37 Å². The van der Waals surface area contributed by atoms with Crippen LogP contribution in [0.3, 0.4) is 0 Å². The Kier molecular flexibility index (Phi) is 3.89. The molecular weight excluding hydrogens is 278 g/mol. The van der Waals surface area contributed by atoms with Crippen molar-refractivity contribution in [2.24, 2.45) is 0 Å². The highest BCUT2D eigenvalue weighted by Gasteiger charge is 2.07. The number of rotatable bonds is 3. The minimum absolute atomic E-state index is 0.0839. The minimum atomic E-state index is -0.533. The fourth-order valence-corrected chi connectivity index (χ4v) is 1.79. The van der Waals surface area contributed by atoms with Crippen LogP contribution < -0.4 is 10.1 Å². The van der Waals surface area contributed by atoms with Crippen LogP contribution in [0.2, 0.25) is 10.0 Å². The van der Waals surface area contributed by atoms with Crippen molar-refractivity contribution >= 4 is 34.7 Å². The summed E-state index contributed by atoms with van der Waals surface area (Å²) < 4.78 is 18.5. The summed E-state index contributed by atoms with van der Waals surface area (Å²) in [5.74, 6) is 0.0989. The minimum Gasteiger partial charge on any atom is -0.495 e. The van der Waals surface area contributed by atoms with Gasteiger partial charge in [0, 0.05) is 11.9 Å². The average Bonchev–Trinajstić information content (AvgIpc) is 2.33. The average molecular weight is 287 g/mol. The van der Waals surface area contributed by atoms with Crippen molar-refractivity contribution < 1.29 is 9.13 Å². The molecule has 0 atom stereocenters. The van der Waals surface area contributed by atoms with Crippen LogP contribution >= 0.6 is 23.2 Å². The Bertz CT molecular complexity index is 578. The van der Waals surface area contributed by atoms with Crippen LogP contribution in [-0.2, 0) is 0 Å². The SMILES string of the molecule is COc1ccc(Nc2ncc(Cl)cc2F)cc1Cl. The third kappa shape index (κ3) is 2.83. The van der Waals surface area contributed by atoms with Gasteiger partial charge in [-0.05, 0) is 24.3 Å². The summed E-state index contributed by atoms with van der Waals surface area (Å²) in [4.78, 5) is 3.85. The number of ether oxygens (including phenoxy) is 1. The van der Waals surface area contributed by atoms with Crippen molar-refractivity contribution in [2.45, 2.75) is 0 Å². The van der Waals surface area contributed by atoms with Gasteiger partial charge in [-0.1, -0.05) is 23.2 Å². The summed E-state index contributed by atoms with van der Waals surface area (Å²) in [6.45, 7) is 0. The summed E-state index contributed by atoms with van der Waals surface area (Å²) in [6, 6.07) is 6.19. The first kappa shape index (κ1) is 12.9. The molecule has 0 bridgehead atoms. The Morgan fingerprint density at radius 3 is 2.67 bits per heavy atom. The lowest BCUT2D eigenvalue weighted by molar-refractivity contribution is 0.415. The molecule has 0 saturated heterocycles. The van der Waals surface area contributed by atoms with Crippen molar-refractivity contribution in [2.75, 3.05) is 12.4 Å². The lowest BCUT2D eigenvalue weighted by atomic mass is 10.3. The maximum absolute atomic E-state index is 13.5. The molecule has 1 aromatic carbocycles. The molecule has 1 heterocycles. The molecule has 0 aliphatic carbocycles. The highest BCUT2D eigenvalue weighted by atomic mass is 35.5. The summed E-state index contributed by atoms with van der Waals surface area (Å²) >= 11 is 11.6. The molecule has 0 aliphatic rings. The molecular formula is C12H9Cl2FN2O. The fourth-order valence-electron chi connectivity index (χ4n) is 1.39. The largest absolute Gasteiger partial charge is 0.495 e. The van der Waals surface area contributed by atoms with E-state index in [0.29, 0.717) is 16.5 Å². The Morgan fingerprint density at radius 1 is 1.28 bits per heavy atom. The molecule has 0 radical (unpaired) electrons. The highest BCUT2D eigenvalue weighted by Crippen LogP contribution is 2.29. The maximum atomic E-state index is 13.5. The topological polar surface area (TPSA) is 34.1 Å². The number of nitrogens with one attached hydrogen (secondary N) is 1. The van der Waals surface area contributed by atoms with Crippen molar-refractivity contribution in [3.63, 3.8) is 0 Å². The van der Waals surface area contributed by atoms with Crippen LogP contribution in [0.1, 0.15) is 0 Å². The van der Waals surface area contributed by atoms with Crippen LogP contribution in [0.4, 0.5) is 15.9 Å². The van der Waals surface area contributed by atoms with Crippen molar-refractivity contribution in [1.29, 1.82) is 0 Å². The molecule has 3 nitrogen and oxygen atoms in total. The summed E-state index contributed by atoms with van der Waals surface area (Å²) in [7, 11) is 1.52. The predicted molar refractivity (Wildman–Crippen MR) is 70.5 cm³/mol. The van der Waals surface area contributed by atoms with Crippen molar-refractivity contribution in [3.8, 4) is 5.75 Å². The number of hydrogen-bond acceptors (Lipinski definition) is 3. The number of hydrogen-bond donors (Lipinski definition) is 1. The molecule has 0 aliphatic heterocycles. The molecule has 2 rings (SSSR count). The smallest absolute Gasteiger partial charge is 0.167 e. The van der Waals surface area contributed by atoms with Gasteiger partial charge in [0.15, 0.2) is 11.6 Å². The van der Waals surface area contributed by atoms with Crippen LogP contribution in [0.5, 0.6) is 5.75 Å². The van der Waals surface area contributed by atoms with Crippen LogP contribution in [0, 0.1) is 5.82 Å². The Hall–Kier alpha value is -1.52. The van der Waals surface area contributed by atoms with E-state index in [1.165, 1.54) is 19.4 Å². The summed E-state index contributed by atoms with van der Waals surface area (Å²) in [5.41, 5.74) is 0.606. The normalized spacial score (nSPS) is 10.2. The van der Waals surface area contributed by atoms with Crippen molar-refractivity contribution in [1.82, 2.24) is 4.98 Å². The number of methoxy groups -OCH3 is 1. The first-order valence-corrected chi connectivity index (χ1v) is 5.77. The number of anilines is 2. The molecule has 0 saturated carbocycles. The van der Waals surface area contributed by atoms with Gasteiger partial charge in [0.1, 0.15) is 5.75 Å². The monoisotopic (exact) mass is 286 g/mol. The van der Waals surface area contributed by atoms with E-state index in [1.54, 1.807) is 18.2 Å². The second-order valence-corrected chi connectivity index (χ2v) is 4.30. The first-order chi connectivity index (χ1) is 8.60. The van der Waals surface area contributed by atoms with Gasteiger partial charge in [0.2, 0.25) is 0 Å². The van der Waals surface area contributed by atoms with Crippen LogP contribution in [0.25, 0.3) is 0 Å². The molecule has 0 amide bonds. The number of benzene rings is 1. The zero-order valence-electron chi connectivity index (χ0n) is 9.38. The van der Waals surface area contributed by atoms with E-state index in [2.05, 4.69) is 10.3 Å².